The number of fused-ring (bicyclic) bond motifs is 1. The predicted molar refractivity (Wildman–Crippen MR) is 111 cm³/mol. The second-order valence-electron chi connectivity index (χ2n) is 6.22. The van der Waals surface area contributed by atoms with Crippen LogP contribution in [-0.2, 0) is 4.79 Å². The van der Waals surface area contributed by atoms with Gasteiger partial charge in [0.1, 0.15) is 12.4 Å². The van der Waals surface area contributed by atoms with E-state index in [4.69, 9.17) is 16.3 Å². The summed E-state index contributed by atoms with van der Waals surface area (Å²) in [6, 6.07) is 20.4. The zero-order valence-electron chi connectivity index (χ0n) is 15.3. The second-order valence-corrected chi connectivity index (χ2v) is 6.66. The molecule has 0 aliphatic carbocycles. The summed E-state index contributed by atoms with van der Waals surface area (Å²) in [5, 5.41) is 8.27. The highest BCUT2D eigenvalue weighted by Gasteiger charge is 2.07. The molecule has 0 aliphatic rings. The molecular formula is C22H21ClN2O3. The molecule has 0 aliphatic heterocycles. The van der Waals surface area contributed by atoms with E-state index in [1.165, 1.54) is 0 Å². The molecule has 5 nitrogen and oxygen atoms in total. The average Bonchev–Trinajstić information content (AvgIpc) is 2.72. The molecule has 0 aromatic heterocycles. The summed E-state index contributed by atoms with van der Waals surface area (Å²) in [6.45, 7) is 1.02. The van der Waals surface area contributed by atoms with E-state index in [9.17, 15) is 9.59 Å². The monoisotopic (exact) mass is 396 g/mol. The first-order valence-electron chi connectivity index (χ1n) is 9.04. The Hall–Kier alpha value is -3.05. The summed E-state index contributed by atoms with van der Waals surface area (Å²) in [5.74, 6) is 0.365. The molecule has 3 aromatic carbocycles. The molecular weight excluding hydrogens is 376 g/mol. The van der Waals surface area contributed by atoms with Gasteiger partial charge in [-0.25, -0.2) is 0 Å². The lowest BCUT2D eigenvalue weighted by Gasteiger charge is -2.09. The van der Waals surface area contributed by atoms with E-state index in [0.29, 0.717) is 29.5 Å². The molecule has 0 unspecified atom stereocenters. The molecule has 0 heterocycles. The molecule has 0 bridgehead atoms. The van der Waals surface area contributed by atoms with E-state index < -0.39 is 0 Å². The number of rotatable bonds is 8. The average molecular weight is 397 g/mol. The van der Waals surface area contributed by atoms with Crippen LogP contribution in [0.2, 0.25) is 5.02 Å². The van der Waals surface area contributed by atoms with Gasteiger partial charge in [-0.05, 0) is 47.2 Å². The van der Waals surface area contributed by atoms with Crippen LogP contribution in [0.1, 0.15) is 16.8 Å². The van der Waals surface area contributed by atoms with Gasteiger partial charge in [-0.3, -0.25) is 9.59 Å². The Labute approximate surface area is 168 Å². The number of benzene rings is 3. The smallest absolute Gasteiger partial charge is 0.251 e. The first kappa shape index (κ1) is 19.7. The molecule has 3 aromatic rings. The zero-order chi connectivity index (χ0) is 19.8. The third-order valence-electron chi connectivity index (χ3n) is 4.16. The Kier molecular flexibility index (Phi) is 6.87. The van der Waals surface area contributed by atoms with Crippen LogP contribution in [0.15, 0.2) is 66.7 Å². The van der Waals surface area contributed by atoms with E-state index in [2.05, 4.69) is 10.6 Å². The van der Waals surface area contributed by atoms with Crippen LogP contribution in [0.3, 0.4) is 0 Å². The van der Waals surface area contributed by atoms with Gasteiger partial charge >= 0.3 is 0 Å². The van der Waals surface area contributed by atoms with Crippen LogP contribution < -0.4 is 15.4 Å². The van der Waals surface area contributed by atoms with Gasteiger partial charge in [-0.1, -0.05) is 41.9 Å². The maximum absolute atomic E-state index is 12.2. The molecule has 0 atom stereocenters. The van der Waals surface area contributed by atoms with Crippen molar-refractivity contribution in [2.45, 2.75) is 6.42 Å². The van der Waals surface area contributed by atoms with Gasteiger partial charge in [-0.15, -0.1) is 0 Å². The number of nitrogens with one attached hydrogen (secondary N) is 2. The van der Waals surface area contributed by atoms with Gasteiger partial charge in [0.05, 0.1) is 6.54 Å². The fourth-order valence-electron chi connectivity index (χ4n) is 2.70. The van der Waals surface area contributed by atoms with E-state index in [1.54, 1.807) is 30.3 Å². The summed E-state index contributed by atoms with van der Waals surface area (Å²) >= 11 is 5.81. The fraction of sp³-hybridized carbons (Fsp3) is 0.182. The largest absolute Gasteiger partial charge is 0.492 e. The SMILES string of the molecule is O=C(CCNC(=O)c1ccc2ccccc2c1)NCCOc1ccc(Cl)cc1. The standard InChI is InChI=1S/C22H21ClN2O3/c23-19-7-9-20(10-8-19)28-14-13-24-21(26)11-12-25-22(27)18-6-5-16-3-1-2-4-17(16)15-18/h1-10,15H,11-14H2,(H,24,26)(H,25,27). The minimum Gasteiger partial charge on any atom is -0.492 e. The van der Waals surface area contributed by atoms with E-state index in [1.807, 2.05) is 36.4 Å². The van der Waals surface area contributed by atoms with Crippen molar-refractivity contribution in [2.24, 2.45) is 0 Å². The van der Waals surface area contributed by atoms with E-state index >= 15 is 0 Å². The van der Waals surface area contributed by atoms with Crippen LogP contribution in [0.25, 0.3) is 10.8 Å². The van der Waals surface area contributed by atoms with Gasteiger partial charge < -0.3 is 15.4 Å². The van der Waals surface area contributed by atoms with Crippen LogP contribution >= 0.6 is 11.6 Å². The summed E-state index contributed by atoms with van der Waals surface area (Å²) in [6.07, 6.45) is 0.209. The Morgan fingerprint density at radius 2 is 1.61 bits per heavy atom. The first-order valence-corrected chi connectivity index (χ1v) is 9.42. The van der Waals surface area contributed by atoms with Crippen LogP contribution in [0.5, 0.6) is 5.75 Å². The second kappa shape index (κ2) is 9.76. The van der Waals surface area contributed by atoms with Crippen molar-refractivity contribution in [3.05, 3.63) is 77.3 Å². The molecule has 28 heavy (non-hydrogen) atoms. The third-order valence-corrected chi connectivity index (χ3v) is 4.41. The normalized spacial score (nSPS) is 10.5. The maximum atomic E-state index is 12.2. The topological polar surface area (TPSA) is 67.4 Å². The van der Waals surface area contributed by atoms with Crippen molar-refractivity contribution in [1.29, 1.82) is 0 Å². The van der Waals surface area contributed by atoms with Crippen molar-refractivity contribution in [1.82, 2.24) is 10.6 Å². The third kappa shape index (κ3) is 5.72. The van der Waals surface area contributed by atoms with E-state index in [-0.39, 0.29) is 24.8 Å². The van der Waals surface area contributed by atoms with Gasteiger partial charge in [0, 0.05) is 23.6 Å². The molecule has 0 fully saturated rings. The number of hydrogen-bond acceptors (Lipinski definition) is 3. The lowest BCUT2D eigenvalue weighted by atomic mass is 10.1. The molecule has 0 radical (unpaired) electrons. The summed E-state index contributed by atoms with van der Waals surface area (Å²) in [7, 11) is 0. The minimum atomic E-state index is -0.190. The molecule has 2 amide bonds. The number of halogens is 1. The molecule has 6 heteroatoms. The van der Waals surface area contributed by atoms with Gasteiger partial charge in [-0.2, -0.15) is 0 Å². The van der Waals surface area contributed by atoms with Gasteiger partial charge in [0.2, 0.25) is 5.91 Å². The quantitative estimate of drug-likeness (QED) is 0.569. The highest BCUT2D eigenvalue weighted by molar-refractivity contribution is 6.30. The van der Waals surface area contributed by atoms with Crippen molar-refractivity contribution < 1.29 is 14.3 Å². The molecule has 3 rings (SSSR count). The summed E-state index contributed by atoms with van der Waals surface area (Å²) in [5.41, 5.74) is 0.579. The summed E-state index contributed by atoms with van der Waals surface area (Å²) in [4.78, 5) is 24.1. The Bertz CT molecular complexity index is 957. The molecule has 0 spiro atoms. The molecule has 0 saturated carbocycles. The van der Waals surface area contributed by atoms with Crippen LogP contribution in [-0.4, -0.2) is 31.5 Å². The summed E-state index contributed by atoms with van der Waals surface area (Å²) < 4.78 is 5.50. The predicted octanol–water partition coefficient (Wildman–Crippen LogP) is 3.81. The fourth-order valence-corrected chi connectivity index (χ4v) is 2.83. The maximum Gasteiger partial charge on any atom is 0.251 e. The molecule has 2 N–H and O–H groups in total. The number of hydrogen-bond donors (Lipinski definition) is 2. The van der Waals surface area contributed by atoms with Crippen LogP contribution in [0, 0.1) is 0 Å². The lowest BCUT2D eigenvalue weighted by molar-refractivity contribution is -0.121. The Morgan fingerprint density at radius 3 is 2.39 bits per heavy atom. The van der Waals surface area contributed by atoms with Gasteiger partial charge in [0.25, 0.3) is 5.91 Å². The Morgan fingerprint density at radius 1 is 0.857 bits per heavy atom. The number of ether oxygens (including phenoxy) is 1. The molecule has 0 saturated heterocycles. The first-order chi connectivity index (χ1) is 13.6. The van der Waals surface area contributed by atoms with Crippen LogP contribution in [0.4, 0.5) is 0 Å². The lowest BCUT2D eigenvalue weighted by Crippen LogP contribution is -2.32. The number of carbonyl (C=O) groups is 2. The number of amides is 2. The Balaban J connectivity index is 1.35. The van der Waals surface area contributed by atoms with Crippen molar-refractivity contribution >= 4 is 34.2 Å². The highest BCUT2D eigenvalue weighted by Crippen LogP contribution is 2.16. The molecule has 144 valence electrons. The van der Waals surface area contributed by atoms with Gasteiger partial charge in [0.15, 0.2) is 0 Å². The minimum absolute atomic E-state index is 0.140. The number of carbonyl (C=O) groups excluding carboxylic acids is 2. The highest BCUT2D eigenvalue weighted by atomic mass is 35.5. The van der Waals surface area contributed by atoms with E-state index in [0.717, 1.165) is 10.8 Å². The van der Waals surface area contributed by atoms with Crippen molar-refractivity contribution in [3.8, 4) is 5.75 Å². The zero-order valence-corrected chi connectivity index (χ0v) is 16.0. The van der Waals surface area contributed by atoms with Crippen molar-refractivity contribution in [2.75, 3.05) is 19.7 Å². The van der Waals surface area contributed by atoms with Crippen molar-refractivity contribution in [3.63, 3.8) is 0 Å².